The van der Waals surface area contributed by atoms with E-state index in [4.69, 9.17) is 5.11 Å². The van der Waals surface area contributed by atoms with E-state index in [0.29, 0.717) is 0 Å². The molecule has 0 aromatic heterocycles. The number of thioether (sulfide) groups is 1. The molecular formula is C20H40O2S. The molecule has 3 heteroatoms. The maximum atomic E-state index is 11.0. The summed E-state index contributed by atoms with van der Waals surface area (Å²) in [7, 11) is 0. The Kier molecular flexibility index (Phi) is 15.2. The van der Waals surface area contributed by atoms with Crippen molar-refractivity contribution in [2.24, 2.45) is 0 Å². The number of aliphatic carboxylic acids is 1. The van der Waals surface area contributed by atoms with Crippen LogP contribution in [0.4, 0.5) is 0 Å². The second-order valence-electron chi connectivity index (χ2n) is 7.26. The molecule has 1 N–H and O–H groups in total. The first kappa shape index (κ1) is 22.8. The van der Waals surface area contributed by atoms with Crippen LogP contribution in [-0.2, 0) is 4.79 Å². The largest absolute Gasteiger partial charge is 0.480 e. The maximum Gasteiger partial charge on any atom is 0.319 e. The van der Waals surface area contributed by atoms with Gasteiger partial charge < -0.3 is 5.11 Å². The lowest BCUT2D eigenvalue weighted by Crippen LogP contribution is -2.27. The van der Waals surface area contributed by atoms with Crippen LogP contribution in [0.15, 0.2) is 0 Å². The standard InChI is InChI=1S/C20H40O2S/c1-4-5-6-7-8-9-10-11-12-13-14-15-16-17-18-23-20(2,3)19(21)22/h4-18H2,1-3H3,(H,21,22). The number of carboxylic acids is 1. The number of rotatable bonds is 17. The molecule has 0 aromatic rings. The molecule has 0 saturated carbocycles. The Hall–Kier alpha value is -0.180. The number of hydrogen-bond acceptors (Lipinski definition) is 2. The lowest BCUT2D eigenvalue weighted by molar-refractivity contribution is -0.138. The molecule has 0 aliphatic heterocycles. The molecule has 0 saturated heterocycles. The summed E-state index contributed by atoms with van der Waals surface area (Å²) < 4.78 is -0.628. The van der Waals surface area contributed by atoms with E-state index in [-0.39, 0.29) is 0 Å². The van der Waals surface area contributed by atoms with Crippen LogP contribution in [0, 0.1) is 0 Å². The predicted octanol–water partition coefficient (Wildman–Crippen LogP) is 7.06. The van der Waals surface area contributed by atoms with Crippen molar-refractivity contribution in [1.29, 1.82) is 0 Å². The smallest absolute Gasteiger partial charge is 0.319 e. The average molecular weight is 345 g/mol. The molecule has 0 atom stereocenters. The summed E-state index contributed by atoms with van der Waals surface area (Å²) >= 11 is 1.57. The summed E-state index contributed by atoms with van der Waals surface area (Å²) in [6, 6.07) is 0. The van der Waals surface area contributed by atoms with Crippen molar-refractivity contribution >= 4 is 17.7 Å². The Balaban J connectivity index is 3.15. The molecule has 138 valence electrons. The molecule has 0 fully saturated rings. The van der Waals surface area contributed by atoms with Gasteiger partial charge in [-0.1, -0.05) is 90.4 Å². The number of carbonyl (C=O) groups is 1. The quantitative estimate of drug-likeness (QED) is 0.287. The van der Waals surface area contributed by atoms with E-state index in [1.807, 2.05) is 0 Å². The van der Waals surface area contributed by atoms with Crippen molar-refractivity contribution in [3.8, 4) is 0 Å². The van der Waals surface area contributed by atoms with Crippen molar-refractivity contribution in [2.45, 2.75) is 115 Å². The average Bonchev–Trinajstić information content (AvgIpc) is 2.51. The molecule has 0 spiro atoms. The van der Waals surface area contributed by atoms with Gasteiger partial charge in [0.2, 0.25) is 0 Å². The zero-order valence-corrected chi connectivity index (χ0v) is 16.7. The van der Waals surface area contributed by atoms with E-state index in [1.54, 1.807) is 25.6 Å². The molecule has 0 rings (SSSR count). The Morgan fingerprint density at radius 3 is 1.43 bits per heavy atom. The third-order valence-electron chi connectivity index (χ3n) is 4.48. The SMILES string of the molecule is CCCCCCCCCCCCCCCCSC(C)(C)C(=O)O. The first-order valence-electron chi connectivity index (χ1n) is 9.88. The van der Waals surface area contributed by atoms with E-state index in [2.05, 4.69) is 6.92 Å². The fourth-order valence-electron chi connectivity index (χ4n) is 2.69. The molecule has 0 heterocycles. The minimum atomic E-state index is -0.701. The lowest BCUT2D eigenvalue weighted by atomic mass is 10.0. The molecule has 0 aromatic carbocycles. The summed E-state index contributed by atoms with van der Waals surface area (Å²) in [4.78, 5) is 11.0. The van der Waals surface area contributed by atoms with E-state index in [9.17, 15) is 4.79 Å². The molecule has 23 heavy (non-hydrogen) atoms. The van der Waals surface area contributed by atoms with Crippen LogP contribution in [0.3, 0.4) is 0 Å². The fourth-order valence-corrected chi connectivity index (χ4v) is 3.67. The molecule has 2 nitrogen and oxygen atoms in total. The molecule has 0 aliphatic carbocycles. The topological polar surface area (TPSA) is 37.3 Å². The number of hydrogen-bond donors (Lipinski definition) is 1. The van der Waals surface area contributed by atoms with Crippen LogP contribution in [0.5, 0.6) is 0 Å². The van der Waals surface area contributed by atoms with Gasteiger partial charge in [0.25, 0.3) is 0 Å². The van der Waals surface area contributed by atoms with Crippen molar-refractivity contribution in [3.05, 3.63) is 0 Å². The van der Waals surface area contributed by atoms with Crippen molar-refractivity contribution in [3.63, 3.8) is 0 Å². The second-order valence-corrected chi connectivity index (χ2v) is 8.98. The number of unbranched alkanes of at least 4 members (excludes halogenated alkanes) is 13. The normalized spacial score (nSPS) is 11.8. The zero-order valence-electron chi connectivity index (χ0n) is 15.9. The highest BCUT2D eigenvalue weighted by Crippen LogP contribution is 2.25. The van der Waals surface area contributed by atoms with E-state index < -0.39 is 10.7 Å². The minimum Gasteiger partial charge on any atom is -0.480 e. The second kappa shape index (κ2) is 15.4. The summed E-state index contributed by atoms with van der Waals surface area (Å²) in [6.45, 7) is 5.86. The van der Waals surface area contributed by atoms with Crippen molar-refractivity contribution in [1.82, 2.24) is 0 Å². The Bertz CT molecular complexity index is 277. The van der Waals surface area contributed by atoms with Crippen molar-refractivity contribution in [2.75, 3.05) is 5.75 Å². The van der Waals surface area contributed by atoms with Gasteiger partial charge in [0.15, 0.2) is 0 Å². The van der Waals surface area contributed by atoms with Crippen LogP contribution in [-0.4, -0.2) is 21.6 Å². The van der Waals surface area contributed by atoms with Gasteiger partial charge in [0, 0.05) is 0 Å². The maximum absolute atomic E-state index is 11.0. The third-order valence-corrected chi connectivity index (χ3v) is 5.86. The third kappa shape index (κ3) is 15.1. The van der Waals surface area contributed by atoms with E-state index in [1.165, 1.54) is 83.5 Å². The zero-order chi connectivity index (χ0) is 17.4. The molecule has 0 amide bonds. The van der Waals surface area contributed by atoms with E-state index in [0.717, 1.165) is 12.2 Å². The Morgan fingerprint density at radius 2 is 1.09 bits per heavy atom. The van der Waals surface area contributed by atoms with Crippen LogP contribution in [0.2, 0.25) is 0 Å². The summed E-state index contributed by atoms with van der Waals surface area (Å²) in [5, 5.41) is 9.04. The van der Waals surface area contributed by atoms with Gasteiger partial charge in [-0.3, -0.25) is 4.79 Å². The van der Waals surface area contributed by atoms with Crippen LogP contribution < -0.4 is 0 Å². The number of carboxylic acid groups (broad SMARTS) is 1. The van der Waals surface area contributed by atoms with E-state index >= 15 is 0 Å². The van der Waals surface area contributed by atoms with Crippen LogP contribution >= 0.6 is 11.8 Å². The van der Waals surface area contributed by atoms with Gasteiger partial charge in [-0.25, -0.2) is 0 Å². The monoisotopic (exact) mass is 344 g/mol. The Morgan fingerprint density at radius 1 is 0.739 bits per heavy atom. The first-order chi connectivity index (χ1) is 11.0. The van der Waals surface area contributed by atoms with Gasteiger partial charge in [0.1, 0.15) is 4.75 Å². The van der Waals surface area contributed by atoms with Gasteiger partial charge in [-0.05, 0) is 26.0 Å². The van der Waals surface area contributed by atoms with Crippen LogP contribution in [0.25, 0.3) is 0 Å². The van der Waals surface area contributed by atoms with Gasteiger partial charge in [0.05, 0.1) is 0 Å². The molecule has 0 aliphatic rings. The highest BCUT2D eigenvalue weighted by atomic mass is 32.2. The summed E-state index contributed by atoms with van der Waals surface area (Å²) in [5.41, 5.74) is 0. The van der Waals surface area contributed by atoms with Crippen LogP contribution in [0.1, 0.15) is 111 Å². The first-order valence-corrected chi connectivity index (χ1v) is 10.9. The molecular weight excluding hydrogens is 304 g/mol. The fraction of sp³-hybridized carbons (Fsp3) is 0.950. The van der Waals surface area contributed by atoms with Gasteiger partial charge in [-0.2, -0.15) is 0 Å². The summed E-state index contributed by atoms with van der Waals surface area (Å²) in [5.74, 6) is 0.269. The van der Waals surface area contributed by atoms with Crippen molar-refractivity contribution < 1.29 is 9.90 Å². The lowest BCUT2D eigenvalue weighted by Gasteiger charge is -2.17. The minimum absolute atomic E-state index is 0.628. The highest BCUT2D eigenvalue weighted by Gasteiger charge is 2.26. The Labute approximate surface area is 149 Å². The molecule has 0 bridgehead atoms. The van der Waals surface area contributed by atoms with Gasteiger partial charge in [-0.15, -0.1) is 11.8 Å². The van der Waals surface area contributed by atoms with Gasteiger partial charge >= 0.3 is 5.97 Å². The highest BCUT2D eigenvalue weighted by molar-refractivity contribution is 8.01. The summed E-state index contributed by atoms with van der Waals surface area (Å²) in [6.07, 6.45) is 19.2. The molecule has 0 radical (unpaired) electrons. The predicted molar refractivity (Wildman–Crippen MR) is 104 cm³/mol. The molecule has 0 unspecified atom stereocenters.